The second-order valence-corrected chi connectivity index (χ2v) is 16.0. The number of nitrogens with two attached hydrogens (primary N) is 2. The van der Waals surface area contributed by atoms with Crippen LogP contribution < -0.4 is 11.5 Å². The number of esters is 2. The van der Waals surface area contributed by atoms with Crippen LogP contribution in [0.15, 0.2) is 85.0 Å². The number of benzene rings is 2. The van der Waals surface area contributed by atoms with Crippen LogP contribution in [0.2, 0.25) is 0 Å². The normalized spacial score (nSPS) is 12.3. The molecule has 0 aliphatic heterocycles. The topological polar surface area (TPSA) is 105 Å². The summed E-state index contributed by atoms with van der Waals surface area (Å²) in [4.78, 5) is 23.9. The Hall–Kier alpha value is -3.22. The monoisotopic (exact) mass is 803 g/mol. The van der Waals surface area contributed by atoms with Crippen molar-refractivity contribution in [2.24, 2.45) is 11.5 Å². The Balaban J connectivity index is 0.000000580. The van der Waals surface area contributed by atoms with Gasteiger partial charge in [-0.2, -0.15) is 0 Å². The molecule has 328 valence electrons. The van der Waals surface area contributed by atoms with Gasteiger partial charge in [-0.15, -0.1) is 0 Å². The van der Waals surface area contributed by atoms with Gasteiger partial charge >= 0.3 is 11.9 Å². The molecule has 2 rings (SSSR count). The van der Waals surface area contributed by atoms with Crippen LogP contribution in [-0.4, -0.2) is 25.2 Å². The maximum Gasteiger partial charge on any atom is 0.327 e. The minimum absolute atomic E-state index is 0.330. The first-order valence-corrected chi connectivity index (χ1v) is 23.8. The van der Waals surface area contributed by atoms with Crippen molar-refractivity contribution in [3.63, 3.8) is 0 Å². The standard InChI is InChI=1S/2C26H43NO2/c2*1-2-3-4-5-6-7-8-9-10-11-12-13-14-15-16-20-23-29-26(28)25(27)24-21-18-17-19-22-24/h2*9-10,17-19,21-22,25H,2-8,11-16,20,23,27H2,1H3/b2*10-9-/t2*25-/m10/s1. The van der Waals surface area contributed by atoms with Crippen LogP contribution in [-0.2, 0) is 19.1 Å². The number of unbranched alkanes of at least 4 members (excludes halogenated alkanes) is 24. The number of rotatable bonds is 36. The third-order valence-corrected chi connectivity index (χ3v) is 10.6. The third-order valence-electron chi connectivity index (χ3n) is 10.6. The molecule has 0 spiro atoms. The van der Waals surface area contributed by atoms with Crippen molar-refractivity contribution < 1.29 is 19.1 Å². The van der Waals surface area contributed by atoms with Gasteiger partial charge in [-0.1, -0.05) is 214 Å². The summed E-state index contributed by atoms with van der Waals surface area (Å²) in [6, 6.07) is 17.4. The lowest BCUT2D eigenvalue weighted by atomic mass is 10.1. The molecular weight excluding hydrogens is 717 g/mol. The van der Waals surface area contributed by atoms with Crippen molar-refractivity contribution in [1.29, 1.82) is 0 Å². The molecule has 2 aromatic rings. The second-order valence-electron chi connectivity index (χ2n) is 16.0. The molecule has 0 aliphatic carbocycles. The maximum absolute atomic E-state index is 12.0. The van der Waals surface area contributed by atoms with E-state index in [1.54, 1.807) is 0 Å². The van der Waals surface area contributed by atoms with E-state index >= 15 is 0 Å². The van der Waals surface area contributed by atoms with E-state index < -0.39 is 12.1 Å². The maximum atomic E-state index is 12.0. The lowest BCUT2D eigenvalue weighted by Gasteiger charge is -2.11. The van der Waals surface area contributed by atoms with Gasteiger partial charge in [-0.3, -0.25) is 0 Å². The van der Waals surface area contributed by atoms with Gasteiger partial charge in [-0.25, -0.2) is 9.59 Å². The highest BCUT2D eigenvalue weighted by Gasteiger charge is 2.17. The van der Waals surface area contributed by atoms with Gasteiger partial charge < -0.3 is 20.9 Å². The van der Waals surface area contributed by atoms with Crippen LogP contribution >= 0.6 is 0 Å². The molecule has 2 aromatic carbocycles. The molecule has 4 N–H and O–H groups in total. The van der Waals surface area contributed by atoms with Crippen molar-refractivity contribution in [3.05, 3.63) is 96.1 Å². The van der Waals surface area contributed by atoms with Crippen LogP contribution in [0.5, 0.6) is 0 Å². The number of allylic oxidation sites excluding steroid dienone is 4. The Kier molecular flexibility index (Phi) is 36.9. The quantitative estimate of drug-likeness (QED) is 0.0404. The molecule has 0 aliphatic rings. The second kappa shape index (κ2) is 40.6. The summed E-state index contributed by atoms with van der Waals surface area (Å²) < 4.78 is 10.6. The smallest absolute Gasteiger partial charge is 0.327 e. The number of carbonyl (C=O) groups excluding carboxylic acids is 2. The van der Waals surface area contributed by atoms with Crippen LogP contribution in [0.1, 0.15) is 217 Å². The molecule has 0 heterocycles. The summed E-state index contributed by atoms with van der Waals surface area (Å²) in [5, 5.41) is 0. The molecule has 2 atom stereocenters. The summed E-state index contributed by atoms with van der Waals surface area (Å²) in [5.74, 6) is -0.659. The molecule has 6 heteroatoms. The van der Waals surface area contributed by atoms with Crippen molar-refractivity contribution in [3.8, 4) is 0 Å². The molecule has 0 unspecified atom stereocenters. The zero-order valence-electron chi connectivity index (χ0n) is 37.2. The first-order chi connectivity index (χ1) is 28.5. The molecule has 0 saturated heterocycles. The minimum Gasteiger partial charge on any atom is -0.464 e. The van der Waals surface area contributed by atoms with Gasteiger partial charge in [0.25, 0.3) is 0 Å². The first kappa shape index (κ1) is 52.8. The highest BCUT2D eigenvalue weighted by atomic mass is 16.5. The van der Waals surface area contributed by atoms with E-state index in [0.717, 1.165) is 36.8 Å². The van der Waals surface area contributed by atoms with Crippen LogP contribution in [0, 0.1) is 0 Å². The fourth-order valence-corrected chi connectivity index (χ4v) is 6.82. The Morgan fingerprint density at radius 2 is 0.672 bits per heavy atom. The van der Waals surface area contributed by atoms with E-state index in [0.29, 0.717) is 13.2 Å². The number of ether oxygens (including phenoxy) is 2. The van der Waals surface area contributed by atoms with Gasteiger partial charge in [0.2, 0.25) is 0 Å². The van der Waals surface area contributed by atoms with Gasteiger partial charge in [0.05, 0.1) is 13.2 Å². The molecule has 0 fully saturated rings. The van der Waals surface area contributed by atoms with Gasteiger partial charge in [0, 0.05) is 0 Å². The number of carbonyl (C=O) groups is 2. The fraction of sp³-hybridized carbons (Fsp3) is 0.654. The Bertz CT molecular complexity index is 1150. The molecule has 0 amide bonds. The average Bonchev–Trinajstić information content (AvgIpc) is 3.26. The predicted molar refractivity (Wildman–Crippen MR) is 248 cm³/mol. The summed E-state index contributed by atoms with van der Waals surface area (Å²) in [5.41, 5.74) is 13.5. The summed E-state index contributed by atoms with van der Waals surface area (Å²) in [6.07, 6.45) is 45.1. The van der Waals surface area contributed by atoms with Crippen molar-refractivity contribution >= 4 is 11.9 Å². The van der Waals surface area contributed by atoms with Gasteiger partial charge in [0.15, 0.2) is 0 Å². The number of hydrogen-bond acceptors (Lipinski definition) is 6. The third kappa shape index (κ3) is 31.7. The summed E-state index contributed by atoms with van der Waals surface area (Å²) in [7, 11) is 0. The zero-order valence-corrected chi connectivity index (χ0v) is 37.2. The highest BCUT2D eigenvalue weighted by molar-refractivity contribution is 5.77. The molecule has 0 bridgehead atoms. The SMILES string of the molecule is CCCCCCCC/C=C\CCCCCCCCOC(=O)[C@@H](N)c1ccccc1.CCCCCCCC/C=C\CCCCCCCCOC(=O)[C@H](N)c1ccccc1. The van der Waals surface area contributed by atoms with E-state index in [9.17, 15) is 9.59 Å². The molecule has 0 saturated carbocycles. The predicted octanol–water partition coefficient (Wildman–Crippen LogP) is 14.5. The van der Waals surface area contributed by atoms with Crippen LogP contribution in [0.4, 0.5) is 0 Å². The molecule has 0 radical (unpaired) electrons. The first-order valence-electron chi connectivity index (χ1n) is 23.8. The van der Waals surface area contributed by atoms with E-state index in [-0.39, 0.29) is 11.9 Å². The zero-order chi connectivity index (χ0) is 42.0. The molecule has 6 nitrogen and oxygen atoms in total. The van der Waals surface area contributed by atoms with E-state index in [1.165, 1.54) is 154 Å². The van der Waals surface area contributed by atoms with Crippen LogP contribution in [0.3, 0.4) is 0 Å². The molecule has 58 heavy (non-hydrogen) atoms. The summed E-state index contributed by atoms with van der Waals surface area (Å²) >= 11 is 0. The van der Waals surface area contributed by atoms with Crippen molar-refractivity contribution in [1.82, 2.24) is 0 Å². The van der Waals surface area contributed by atoms with E-state index in [4.69, 9.17) is 20.9 Å². The summed E-state index contributed by atoms with van der Waals surface area (Å²) in [6.45, 7) is 5.48. The van der Waals surface area contributed by atoms with Gasteiger partial charge in [0.1, 0.15) is 12.1 Å². The van der Waals surface area contributed by atoms with E-state index in [1.807, 2.05) is 60.7 Å². The highest BCUT2D eigenvalue weighted by Crippen LogP contribution is 2.15. The minimum atomic E-state index is -0.676. The molecular formula is C52H86N2O4. The average molecular weight is 803 g/mol. The largest absolute Gasteiger partial charge is 0.464 e. The van der Waals surface area contributed by atoms with Crippen molar-refractivity contribution in [2.45, 2.75) is 206 Å². The lowest BCUT2D eigenvalue weighted by Crippen LogP contribution is -2.24. The van der Waals surface area contributed by atoms with Crippen molar-refractivity contribution in [2.75, 3.05) is 13.2 Å². The number of hydrogen-bond donors (Lipinski definition) is 2. The van der Waals surface area contributed by atoms with E-state index in [2.05, 4.69) is 38.2 Å². The lowest BCUT2D eigenvalue weighted by molar-refractivity contribution is -0.146. The molecule has 0 aromatic heterocycles. The Morgan fingerprint density at radius 3 is 0.966 bits per heavy atom. The fourth-order valence-electron chi connectivity index (χ4n) is 6.82. The Labute approximate surface area is 356 Å². The van der Waals surface area contributed by atoms with Crippen LogP contribution in [0.25, 0.3) is 0 Å². The van der Waals surface area contributed by atoms with Gasteiger partial charge in [-0.05, 0) is 75.3 Å². The Morgan fingerprint density at radius 1 is 0.414 bits per heavy atom.